The van der Waals surface area contributed by atoms with Crippen molar-refractivity contribution in [1.29, 1.82) is 0 Å². The minimum Gasteiger partial charge on any atom is -0.335 e. The molecule has 2 aromatic rings. The number of rotatable bonds is 3. The molecule has 6 heteroatoms. The lowest BCUT2D eigenvalue weighted by molar-refractivity contribution is 0.235. The van der Waals surface area contributed by atoms with Crippen LogP contribution in [0.4, 0.5) is 9.18 Å². The van der Waals surface area contributed by atoms with Crippen LogP contribution in [0.25, 0.3) is 0 Å². The van der Waals surface area contributed by atoms with Gasteiger partial charge in [0.25, 0.3) is 0 Å². The van der Waals surface area contributed by atoms with E-state index < -0.39 is 0 Å². The van der Waals surface area contributed by atoms with E-state index in [2.05, 4.69) is 10.6 Å². The molecule has 0 aliphatic heterocycles. The fraction of sp³-hybridized carbons (Fsp3) is 0.333. The number of fused-ring (bicyclic) bond motifs is 1. The fourth-order valence-electron chi connectivity index (χ4n) is 3.11. The Morgan fingerprint density at radius 1 is 1.33 bits per heavy atom. The SMILES string of the molecule is Cn1c2c(ccc1=O)CC(NC(=O)NCc1cccc(F)c1)CC2. The summed E-state index contributed by atoms with van der Waals surface area (Å²) in [5.41, 5.74) is 2.85. The van der Waals surface area contributed by atoms with E-state index in [0.717, 1.165) is 24.1 Å². The maximum absolute atomic E-state index is 13.1. The van der Waals surface area contributed by atoms with E-state index >= 15 is 0 Å². The van der Waals surface area contributed by atoms with Crippen molar-refractivity contribution in [3.8, 4) is 0 Å². The molecule has 0 saturated heterocycles. The van der Waals surface area contributed by atoms with E-state index in [9.17, 15) is 14.0 Å². The van der Waals surface area contributed by atoms with Gasteiger partial charge in [-0.15, -0.1) is 0 Å². The Balaban J connectivity index is 1.56. The number of pyridine rings is 1. The first-order valence-electron chi connectivity index (χ1n) is 7.99. The molecule has 0 radical (unpaired) electrons. The maximum atomic E-state index is 13.1. The number of aromatic nitrogens is 1. The highest BCUT2D eigenvalue weighted by Crippen LogP contribution is 2.19. The second-order valence-corrected chi connectivity index (χ2v) is 6.10. The second-order valence-electron chi connectivity index (χ2n) is 6.10. The van der Waals surface area contributed by atoms with Crippen LogP contribution in [-0.2, 0) is 26.4 Å². The zero-order chi connectivity index (χ0) is 17.1. The third kappa shape index (κ3) is 3.64. The van der Waals surface area contributed by atoms with Crippen molar-refractivity contribution in [3.63, 3.8) is 0 Å². The summed E-state index contributed by atoms with van der Waals surface area (Å²) < 4.78 is 14.8. The molecule has 1 aliphatic rings. The van der Waals surface area contributed by atoms with Gasteiger partial charge in [0.2, 0.25) is 5.56 Å². The summed E-state index contributed by atoms with van der Waals surface area (Å²) in [5.74, 6) is -0.316. The molecule has 0 fully saturated rings. The lowest BCUT2D eigenvalue weighted by Gasteiger charge is -2.26. The normalized spacial score (nSPS) is 16.3. The Hall–Kier alpha value is -2.63. The minimum absolute atomic E-state index is 0.00649. The van der Waals surface area contributed by atoms with Crippen LogP contribution in [0, 0.1) is 5.82 Å². The largest absolute Gasteiger partial charge is 0.335 e. The molecule has 2 amide bonds. The van der Waals surface area contributed by atoms with E-state index in [1.54, 1.807) is 29.8 Å². The van der Waals surface area contributed by atoms with Crippen molar-refractivity contribution in [3.05, 3.63) is 69.4 Å². The Labute approximate surface area is 139 Å². The van der Waals surface area contributed by atoms with Gasteiger partial charge in [-0.3, -0.25) is 4.79 Å². The summed E-state index contributed by atoms with van der Waals surface area (Å²) in [6, 6.07) is 9.32. The van der Waals surface area contributed by atoms with Gasteiger partial charge in [-0.2, -0.15) is 0 Å². The summed E-state index contributed by atoms with van der Waals surface area (Å²) in [7, 11) is 1.78. The van der Waals surface area contributed by atoms with E-state index in [-0.39, 0.29) is 30.0 Å². The van der Waals surface area contributed by atoms with Crippen LogP contribution in [-0.4, -0.2) is 16.6 Å². The molecule has 24 heavy (non-hydrogen) atoms. The van der Waals surface area contributed by atoms with Crippen LogP contribution in [0.3, 0.4) is 0 Å². The number of carbonyl (C=O) groups is 1. The number of amides is 2. The monoisotopic (exact) mass is 329 g/mol. The van der Waals surface area contributed by atoms with Gasteiger partial charge in [0.1, 0.15) is 5.82 Å². The molecule has 5 nitrogen and oxygen atoms in total. The number of nitrogens with one attached hydrogen (secondary N) is 2. The summed E-state index contributed by atoms with van der Waals surface area (Å²) >= 11 is 0. The molecule has 0 saturated carbocycles. The predicted molar refractivity (Wildman–Crippen MR) is 89.3 cm³/mol. The maximum Gasteiger partial charge on any atom is 0.315 e. The van der Waals surface area contributed by atoms with E-state index in [1.807, 2.05) is 6.07 Å². The second kappa shape index (κ2) is 6.86. The number of benzene rings is 1. The molecule has 1 aromatic carbocycles. The quantitative estimate of drug-likeness (QED) is 0.903. The standard InChI is InChI=1S/C18H20FN3O2/c1-22-16-7-6-15(10-13(16)5-8-17(22)23)21-18(24)20-11-12-3-2-4-14(19)9-12/h2-5,8-9,15H,6-7,10-11H2,1H3,(H2,20,21,24). The Bertz CT molecular complexity index is 816. The molecule has 1 aliphatic carbocycles. The average Bonchev–Trinajstić information content (AvgIpc) is 2.57. The molecular formula is C18H20FN3O2. The van der Waals surface area contributed by atoms with Crippen LogP contribution >= 0.6 is 0 Å². The van der Waals surface area contributed by atoms with Gasteiger partial charge >= 0.3 is 6.03 Å². The number of hydrogen-bond donors (Lipinski definition) is 2. The number of urea groups is 1. The Morgan fingerprint density at radius 2 is 2.17 bits per heavy atom. The summed E-state index contributed by atoms with van der Waals surface area (Å²) in [5, 5.41) is 5.69. The Morgan fingerprint density at radius 3 is 2.96 bits per heavy atom. The van der Waals surface area contributed by atoms with Crippen LogP contribution in [0.15, 0.2) is 41.2 Å². The zero-order valence-electron chi connectivity index (χ0n) is 13.5. The minimum atomic E-state index is -0.316. The Kier molecular flexibility index (Phi) is 4.64. The lowest BCUT2D eigenvalue weighted by atomic mass is 9.91. The zero-order valence-corrected chi connectivity index (χ0v) is 13.5. The van der Waals surface area contributed by atoms with Crippen LogP contribution < -0.4 is 16.2 Å². The molecule has 1 heterocycles. The third-order valence-corrected chi connectivity index (χ3v) is 4.41. The molecule has 3 rings (SSSR count). The van der Waals surface area contributed by atoms with Crippen molar-refractivity contribution >= 4 is 6.03 Å². The third-order valence-electron chi connectivity index (χ3n) is 4.41. The van der Waals surface area contributed by atoms with Crippen LogP contribution in [0.1, 0.15) is 23.2 Å². The molecule has 0 bridgehead atoms. The first kappa shape index (κ1) is 16.2. The highest BCUT2D eigenvalue weighted by molar-refractivity contribution is 5.74. The van der Waals surface area contributed by atoms with Gasteiger partial charge < -0.3 is 15.2 Å². The molecular weight excluding hydrogens is 309 g/mol. The molecule has 1 aromatic heterocycles. The summed E-state index contributed by atoms with van der Waals surface area (Å²) in [4.78, 5) is 23.7. The fourth-order valence-corrected chi connectivity index (χ4v) is 3.11. The molecule has 1 unspecified atom stereocenters. The van der Waals surface area contributed by atoms with Crippen molar-refractivity contribution < 1.29 is 9.18 Å². The van der Waals surface area contributed by atoms with Crippen LogP contribution in [0.5, 0.6) is 0 Å². The van der Waals surface area contributed by atoms with E-state index in [1.165, 1.54) is 12.1 Å². The number of nitrogens with zero attached hydrogens (tertiary/aromatic N) is 1. The summed E-state index contributed by atoms with van der Waals surface area (Å²) in [6.07, 6.45) is 2.26. The lowest BCUT2D eigenvalue weighted by Crippen LogP contribution is -2.45. The van der Waals surface area contributed by atoms with Gasteiger partial charge in [-0.1, -0.05) is 18.2 Å². The van der Waals surface area contributed by atoms with Crippen molar-refractivity contribution in [2.45, 2.75) is 31.8 Å². The predicted octanol–water partition coefficient (Wildman–Crippen LogP) is 1.88. The van der Waals surface area contributed by atoms with E-state index in [4.69, 9.17) is 0 Å². The van der Waals surface area contributed by atoms with Crippen molar-refractivity contribution in [2.24, 2.45) is 7.05 Å². The highest BCUT2D eigenvalue weighted by Gasteiger charge is 2.21. The molecule has 0 spiro atoms. The first-order chi connectivity index (χ1) is 11.5. The van der Waals surface area contributed by atoms with Gasteiger partial charge in [-0.05, 0) is 42.5 Å². The number of halogens is 1. The highest BCUT2D eigenvalue weighted by atomic mass is 19.1. The number of carbonyl (C=O) groups excluding carboxylic acids is 1. The summed E-state index contributed by atoms with van der Waals surface area (Å²) in [6.45, 7) is 0.279. The molecule has 2 N–H and O–H groups in total. The topological polar surface area (TPSA) is 63.1 Å². The molecule has 126 valence electrons. The average molecular weight is 329 g/mol. The van der Waals surface area contributed by atoms with E-state index in [0.29, 0.717) is 12.0 Å². The van der Waals surface area contributed by atoms with Gasteiger partial charge in [-0.25, -0.2) is 9.18 Å². The first-order valence-corrected chi connectivity index (χ1v) is 7.99. The number of hydrogen-bond acceptors (Lipinski definition) is 2. The smallest absolute Gasteiger partial charge is 0.315 e. The van der Waals surface area contributed by atoms with Gasteiger partial charge in [0.05, 0.1) is 0 Å². The molecule has 1 atom stereocenters. The van der Waals surface area contributed by atoms with Crippen molar-refractivity contribution in [1.82, 2.24) is 15.2 Å². The van der Waals surface area contributed by atoms with Crippen LogP contribution in [0.2, 0.25) is 0 Å². The van der Waals surface area contributed by atoms with Gasteiger partial charge in [0, 0.05) is 31.4 Å². The van der Waals surface area contributed by atoms with Crippen molar-refractivity contribution in [2.75, 3.05) is 0 Å². The van der Waals surface area contributed by atoms with Gasteiger partial charge in [0.15, 0.2) is 0 Å².